The zero-order valence-electron chi connectivity index (χ0n) is 36.5. The summed E-state index contributed by atoms with van der Waals surface area (Å²) in [4.78, 5) is 40.7. The van der Waals surface area contributed by atoms with E-state index in [4.69, 9.17) is 14.2 Å². The molecule has 0 aromatic rings. The lowest BCUT2D eigenvalue weighted by Gasteiger charge is -2.56. The number of hydrogen-bond donors (Lipinski definition) is 5. The molecule has 3 rings (SSSR count). The minimum Gasteiger partial charge on any atom is -0.458 e. The van der Waals surface area contributed by atoms with Crippen molar-refractivity contribution in [2.24, 2.45) is 53.3 Å². The maximum atomic E-state index is 13.6. The van der Waals surface area contributed by atoms with Crippen LogP contribution in [0.25, 0.3) is 0 Å². The molecule has 0 aromatic carbocycles. The minimum atomic E-state index is -2.18. The Hall–Kier alpha value is -2.25. The monoisotopic (exact) mass is 805 g/mol. The molecule has 2 unspecified atom stereocenters. The van der Waals surface area contributed by atoms with E-state index in [1.54, 1.807) is 27.7 Å². The molecule has 2 bridgehead atoms. The lowest BCUT2D eigenvalue weighted by Crippen LogP contribution is -2.63. The zero-order valence-corrected chi connectivity index (χ0v) is 36.5. The predicted octanol–water partition coefficient (Wildman–Crippen LogP) is 6.27. The Morgan fingerprint density at radius 3 is 2.09 bits per heavy atom. The van der Waals surface area contributed by atoms with Crippen LogP contribution in [0, 0.1) is 53.3 Å². The normalized spacial score (nSPS) is 46.2. The molecule has 0 aliphatic carbocycles. The summed E-state index contributed by atoms with van der Waals surface area (Å²) in [5.74, 6) is -7.21. The average molecular weight is 805 g/mol. The largest absolute Gasteiger partial charge is 0.458 e. The Morgan fingerprint density at radius 2 is 1.47 bits per heavy atom. The van der Waals surface area contributed by atoms with Crippen LogP contribution in [0.3, 0.4) is 0 Å². The van der Waals surface area contributed by atoms with Crippen molar-refractivity contribution in [3.8, 4) is 0 Å². The molecule has 18 atom stereocenters. The number of aliphatic hydroxyl groups excluding tert-OH is 4. The standard InChI is InChI=1S/C46H76O11/c1-12-34-18-16-14-15-17-28(5)43(52)45(11,54)44(53)33(10)41(51)32(9)40(50)31(8)39(49)27(4)19-22-38(48)55-42-30(7)36(21-20-34)56-46(35(42)13-2)24-23-26(3)37(57-46)25-29(6)47/h14-16,18-19,22,26-37,39,41-43,47,49,51-52,54H,12-13,17,20-21,23-25H2,1-11H3/b15-14+,18-16+,22-19+/t26-,27-,28+,29+,30+,31-,32-,33-,34-,35-,36?,37-,39+,41+,42?,43-,45+,46+/m1/s1. The third kappa shape index (κ3) is 12.0. The van der Waals surface area contributed by atoms with E-state index in [-0.39, 0.29) is 35.9 Å². The van der Waals surface area contributed by atoms with Crippen LogP contribution in [0.5, 0.6) is 0 Å². The lowest BCUT2D eigenvalue weighted by atomic mass is 9.73. The first-order valence-electron chi connectivity index (χ1n) is 21.7. The SMILES string of the molecule is CC[C@@H]1/C=C/C=C/C[C@H](C)[C@@H](O)[C@](C)(O)C(=O)[C@H](C)[C@@H](O)[C@H](C)C(=O)[C@H](C)[C@@H](O)[C@H](C)/C=C/C(=O)OC2[C@@H](C)C(CC1)O[C@]1(CC[C@@H](C)[C@@H](C[C@H](C)O)O1)[C@@H]2CC. The summed E-state index contributed by atoms with van der Waals surface area (Å²) < 4.78 is 20.3. The number of esters is 1. The molecule has 11 heteroatoms. The van der Waals surface area contributed by atoms with Gasteiger partial charge < -0.3 is 39.7 Å². The number of allylic oxidation sites excluding steroid dienone is 4. The van der Waals surface area contributed by atoms with Crippen LogP contribution in [-0.2, 0) is 28.6 Å². The summed E-state index contributed by atoms with van der Waals surface area (Å²) in [6, 6.07) is 0. The van der Waals surface area contributed by atoms with Gasteiger partial charge in [-0.25, -0.2) is 4.79 Å². The van der Waals surface area contributed by atoms with Crippen molar-refractivity contribution in [3.63, 3.8) is 0 Å². The van der Waals surface area contributed by atoms with Crippen LogP contribution in [0.4, 0.5) is 0 Å². The van der Waals surface area contributed by atoms with E-state index in [0.717, 1.165) is 19.3 Å². The first-order valence-corrected chi connectivity index (χ1v) is 21.7. The van der Waals surface area contributed by atoms with Gasteiger partial charge in [0.2, 0.25) is 0 Å². The maximum Gasteiger partial charge on any atom is 0.330 e. The highest BCUT2D eigenvalue weighted by atomic mass is 16.7. The molecule has 0 amide bonds. The first-order chi connectivity index (χ1) is 26.6. The van der Waals surface area contributed by atoms with E-state index in [0.29, 0.717) is 32.1 Å². The molecule has 3 aliphatic heterocycles. The van der Waals surface area contributed by atoms with Gasteiger partial charge in [0.1, 0.15) is 17.5 Å². The van der Waals surface area contributed by atoms with Crippen LogP contribution in [0.15, 0.2) is 36.5 Å². The zero-order chi connectivity index (χ0) is 43.0. The molecule has 326 valence electrons. The van der Waals surface area contributed by atoms with Crippen LogP contribution < -0.4 is 0 Å². The Kier molecular flexibility index (Phi) is 18.4. The van der Waals surface area contributed by atoms with E-state index in [1.165, 1.54) is 32.9 Å². The Balaban J connectivity index is 2.02. The van der Waals surface area contributed by atoms with E-state index in [2.05, 4.69) is 26.8 Å². The Bertz CT molecular complexity index is 1400. The van der Waals surface area contributed by atoms with Crippen LogP contribution in [-0.4, -0.2) is 97.2 Å². The second kappa shape index (κ2) is 21.3. The number of fused-ring (bicyclic) bond motifs is 2. The lowest BCUT2D eigenvalue weighted by molar-refractivity contribution is -0.374. The summed E-state index contributed by atoms with van der Waals surface area (Å²) in [6.45, 7) is 19.2. The van der Waals surface area contributed by atoms with Gasteiger partial charge in [-0.05, 0) is 76.5 Å². The number of ketones is 2. The van der Waals surface area contributed by atoms with Crippen molar-refractivity contribution in [1.82, 2.24) is 0 Å². The van der Waals surface area contributed by atoms with Gasteiger partial charge in [0.25, 0.3) is 0 Å². The summed E-state index contributed by atoms with van der Waals surface area (Å²) in [6.07, 6.45) is 10.3. The fourth-order valence-corrected chi connectivity index (χ4v) is 9.37. The molecule has 3 aliphatic rings. The number of rotatable bonds is 4. The molecule has 3 heterocycles. The van der Waals surface area contributed by atoms with E-state index >= 15 is 0 Å². The van der Waals surface area contributed by atoms with Crippen molar-refractivity contribution in [1.29, 1.82) is 0 Å². The Labute approximate surface area is 342 Å². The molecule has 11 nitrogen and oxygen atoms in total. The topological polar surface area (TPSA) is 180 Å². The van der Waals surface area contributed by atoms with E-state index < -0.39 is 89.0 Å². The van der Waals surface area contributed by atoms with Gasteiger partial charge >= 0.3 is 5.97 Å². The quantitative estimate of drug-likeness (QED) is 0.202. The molecule has 0 aromatic heterocycles. The number of carbonyl (C=O) groups is 3. The van der Waals surface area contributed by atoms with Gasteiger partial charge in [-0.3, -0.25) is 9.59 Å². The van der Waals surface area contributed by atoms with Gasteiger partial charge in [-0.15, -0.1) is 0 Å². The number of hydrogen-bond acceptors (Lipinski definition) is 11. The first kappa shape index (κ1) is 49.1. The fourth-order valence-electron chi connectivity index (χ4n) is 9.37. The van der Waals surface area contributed by atoms with Crippen molar-refractivity contribution >= 4 is 17.5 Å². The summed E-state index contributed by atoms with van der Waals surface area (Å²) in [5, 5.41) is 55.2. The molecule has 0 radical (unpaired) electrons. The third-order valence-corrected chi connectivity index (χ3v) is 13.6. The number of ether oxygens (including phenoxy) is 3. The van der Waals surface area contributed by atoms with Crippen LogP contribution in [0.2, 0.25) is 0 Å². The molecule has 5 N–H and O–H groups in total. The second-order valence-electron chi connectivity index (χ2n) is 18.2. The fraction of sp³-hybridized carbons (Fsp3) is 0.804. The number of aliphatic hydroxyl groups is 5. The molecule has 2 saturated heterocycles. The summed E-state index contributed by atoms with van der Waals surface area (Å²) in [5.41, 5.74) is -2.18. The number of Topliss-reactive ketones (excluding diaryl/α,β-unsaturated/α-hetero) is 2. The molecule has 2 fully saturated rings. The van der Waals surface area contributed by atoms with Crippen molar-refractivity contribution in [3.05, 3.63) is 36.5 Å². The van der Waals surface area contributed by atoms with Crippen LogP contribution in [0.1, 0.15) is 128 Å². The highest BCUT2D eigenvalue weighted by Gasteiger charge is 2.57. The van der Waals surface area contributed by atoms with Crippen molar-refractivity contribution in [2.45, 2.75) is 182 Å². The molecule has 57 heavy (non-hydrogen) atoms. The molecule has 0 saturated carbocycles. The van der Waals surface area contributed by atoms with Gasteiger partial charge in [0, 0.05) is 42.1 Å². The van der Waals surface area contributed by atoms with Gasteiger partial charge in [0.15, 0.2) is 11.6 Å². The Morgan fingerprint density at radius 1 is 0.825 bits per heavy atom. The van der Waals surface area contributed by atoms with E-state index in [1.807, 2.05) is 25.2 Å². The minimum absolute atomic E-state index is 0.163. The summed E-state index contributed by atoms with van der Waals surface area (Å²) in [7, 11) is 0. The third-order valence-electron chi connectivity index (χ3n) is 13.6. The number of carbonyl (C=O) groups excluding carboxylic acids is 3. The molecular weight excluding hydrogens is 728 g/mol. The van der Waals surface area contributed by atoms with Crippen LogP contribution >= 0.6 is 0 Å². The molecular formula is C46H76O11. The highest BCUT2D eigenvalue weighted by molar-refractivity contribution is 5.91. The summed E-state index contributed by atoms with van der Waals surface area (Å²) >= 11 is 0. The average Bonchev–Trinajstić information content (AvgIpc) is 3.17. The second-order valence-corrected chi connectivity index (χ2v) is 18.2. The maximum absolute atomic E-state index is 13.6. The van der Waals surface area contributed by atoms with Crippen molar-refractivity contribution < 1.29 is 54.1 Å². The van der Waals surface area contributed by atoms with Crippen molar-refractivity contribution in [2.75, 3.05) is 0 Å². The predicted molar refractivity (Wildman–Crippen MR) is 220 cm³/mol. The molecule has 1 spiro atoms. The van der Waals surface area contributed by atoms with Gasteiger partial charge in [-0.2, -0.15) is 0 Å². The van der Waals surface area contributed by atoms with Gasteiger partial charge in [0.05, 0.1) is 42.5 Å². The smallest absolute Gasteiger partial charge is 0.330 e. The highest BCUT2D eigenvalue weighted by Crippen LogP contribution is 2.50. The van der Waals surface area contributed by atoms with Gasteiger partial charge in [-0.1, -0.05) is 92.7 Å². The van der Waals surface area contributed by atoms with E-state index in [9.17, 15) is 39.9 Å².